The molecule has 5 heterocycles. The second-order valence-electron chi connectivity index (χ2n) is 12.5. The largest absolute Gasteiger partial charge is 0.453 e. The lowest BCUT2D eigenvalue weighted by atomic mass is 9.94. The quantitative estimate of drug-likeness (QED) is 0.526. The van der Waals surface area contributed by atoms with Crippen LogP contribution in [0.4, 0.5) is 10.6 Å². The van der Waals surface area contributed by atoms with Crippen LogP contribution < -0.4 is 5.32 Å². The van der Waals surface area contributed by atoms with Crippen molar-refractivity contribution < 1.29 is 24.2 Å². The van der Waals surface area contributed by atoms with Gasteiger partial charge in [0, 0.05) is 83.3 Å². The van der Waals surface area contributed by atoms with Crippen LogP contribution in [0.1, 0.15) is 66.0 Å². The van der Waals surface area contributed by atoms with Crippen molar-refractivity contribution in [3.63, 3.8) is 0 Å². The van der Waals surface area contributed by atoms with E-state index in [1.807, 2.05) is 4.90 Å². The van der Waals surface area contributed by atoms with E-state index in [2.05, 4.69) is 34.5 Å². The number of anilines is 1. The Morgan fingerprint density at radius 3 is 2.36 bits per heavy atom. The van der Waals surface area contributed by atoms with Crippen LogP contribution in [0.3, 0.4) is 0 Å². The van der Waals surface area contributed by atoms with Crippen molar-refractivity contribution in [2.45, 2.75) is 69.7 Å². The van der Waals surface area contributed by atoms with Gasteiger partial charge in [-0.1, -0.05) is 24.3 Å². The monoisotopic (exact) mass is 605 g/mol. The van der Waals surface area contributed by atoms with Gasteiger partial charge in [-0.2, -0.15) is 0 Å². The Balaban J connectivity index is 1.17. The average molecular weight is 606 g/mol. The van der Waals surface area contributed by atoms with E-state index in [0.29, 0.717) is 57.2 Å². The van der Waals surface area contributed by atoms with Gasteiger partial charge < -0.3 is 29.9 Å². The predicted octanol–water partition coefficient (Wildman–Crippen LogP) is 2.09. The molecule has 12 nitrogen and oxygen atoms in total. The minimum Gasteiger partial charge on any atom is -0.453 e. The molecule has 4 aliphatic rings. The van der Waals surface area contributed by atoms with Crippen molar-refractivity contribution in [2.24, 2.45) is 0 Å². The highest BCUT2D eigenvalue weighted by Gasteiger charge is 2.37. The Hall–Kier alpha value is -3.77. The predicted molar refractivity (Wildman–Crippen MR) is 163 cm³/mol. The standard InChI is InChI=1S/C32H43N7O5/c1-21(40)36-14-9-25(10-15-36)33-29-17-26(34-30(35-29)24-8-13-39(19-24)32(43)44-2)31(42)38-16-11-27(28(41)20-38)37-12-7-22-5-3-4-6-23(22)18-37/h3-6,17,24-25,27-28,41H,7-16,18-20H2,1-2H3,(H,33,34,35)/t24?,27-,28-/m1/s1. The van der Waals surface area contributed by atoms with Gasteiger partial charge in [0.15, 0.2) is 0 Å². The number of aromatic nitrogens is 2. The first-order valence-electron chi connectivity index (χ1n) is 15.8. The molecule has 3 saturated heterocycles. The van der Waals surface area contributed by atoms with E-state index in [9.17, 15) is 19.5 Å². The molecule has 0 bridgehead atoms. The third kappa shape index (κ3) is 6.51. The molecular weight excluding hydrogens is 562 g/mol. The molecule has 1 unspecified atom stereocenters. The normalized spacial score (nSPS) is 24.6. The summed E-state index contributed by atoms with van der Waals surface area (Å²) >= 11 is 0. The summed E-state index contributed by atoms with van der Waals surface area (Å²) in [6.45, 7) is 6.36. The Labute approximate surface area is 258 Å². The van der Waals surface area contributed by atoms with Crippen molar-refractivity contribution in [3.8, 4) is 0 Å². The van der Waals surface area contributed by atoms with Crippen LogP contribution in [0.5, 0.6) is 0 Å². The topological polar surface area (TPSA) is 131 Å². The summed E-state index contributed by atoms with van der Waals surface area (Å²) in [7, 11) is 1.37. The number of β-amino-alcohol motifs (C(OH)–C–C–N with tert-alkyl or cyclic N) is 1. The SMILES string of the molecule is COC(=O)N1CCC(c2nc(NC3CCN(C(C)=O)CC3)cc(C(=O)N3CC[C@@H](N4CCc5ccccc5C4)[C@H](O)C3)n2)C1. The molecule has 44 heavy (non-hydrogen) atoms. The van der Waals surface area contributed by atoms with Gasteiger partial charge in [0.1, 0.15) is 17.3 Å². The maximum absolute atomic E-state index is 13.9. The fraction of sp³-hybridized carbons (Fsp3) is 0.594. The van der Waals surface area contributed by atoms with Gasteiger partial charge in [-0.3, -0.25) is 14.5 Å². The average Bonchev–Trinajstić information content (AvgIpc) is 3.54. The van der Waals surface area contributed by atoms with E-state index in [0.717, 1.165) is 32.4 Å². The number of rotatable bonds is 5. The molecule has 4 aliphatic heterocycles. The number of aliphatic hydroxyl groups is 1. The summed E-state index contributed by atoms with van der Waals surface area (Å²) in [5.74, 6) is 0.813. The van der Waals surface area contributed by atoms with Crippen LogP contribution in [0.2, 0.25) is 0 Å². The highest BCUT2D eigenvalue weighted by atomic mass is 16.5. The van der Waals surface area contributed by atoms with Gasteiger partial charge in [0.05, 0.1) is 13.2 Å². The number of hydrogen-bond donors (Lipinski definition) is 2. The first-order valence-corrected chi connectivity index (χ1v) is 15.8. The van der Waals surface area contributed by atoms with E-state index in [1.165, 1.54) is 18.2 Å². The number of benzene rings is 1. The molecule has 0 saturated carbocycles. The molecule has 0 radical (unpaired) electrons. The summed E-state index contributed by atoms with van der Waals surface area (Å²) < 4.78 is 4.91. The van der Waals surface area contributed by atoms with Crippen molar-refractivity contribution in [1.29, 1.82) is 0 Å². The number of carbonyl (C=O) groups is 3. The summed E-state index contributed by atoms with van der Waals surface area (Å²) in [5.41, 5.74) is 2.96. The van der Waals surface area contributed by atoms with Crippen LogP contribution in [0.15, 0.2) is 30.3 Å². The van der Waals surface area contributed by atoms with Crippen LogP contribution in [-0.2, 0) is 22.5 Å². The summed E-state index contributed by atoms with van der Waals surface area (Å²) in [6, 6.07) is 10.3. The van der Waals surface area contributed by atoms with Gasteiger partial charge in [-0.05, 0) is 43.2 Å². The molecule has 3 atom stereocenters. The summed E-state index contributed by atoms with van der Waals surface area (Å²) in [4.78, 5) is 54.9. The Bertz CT molecular complexity index is 1380. The number of likely N-dealkylation sites (tertiary alicyclic amines) is 3. The fourth-order valence-electron chi connectivity index (χ4n) is 7.14. The maximum Gasteiger partial charge on any atom is 0.409 e. The van der Waals surface area contributed by atoms with Crippen LogP contribution in [-0.4, -0.2) is 124 Å². The van der Waals surface area contributed by atoms with Gasteiger partial charge >= 0.3 is 6.09 Å². The Morgan fingerprint density at radius 1 is 0.909 bits per heavy atom. The van der Waals surface area contributed by atoms with Gasteiger partial charge in [0.2, 0.25) is 5.91 Å². The minimum absolute atomic E-state index is 0.00532. The van der Waals surface area contributed by atoms with E-state index < -0.39 is 6.10 Å². The van der Waals surface area contributed by atoms with E-state index in [-0.39, 0.29) is 48.1 Å². The molecule has 2 aromatic rings. The number of amides is 3. The maximum atomic E-state index is 13.9. The molecule has 3 amide bonds. The van der Waals surface area contributed by atoms with Crippen molar-refractivity contribution in [3.05, 3.63) is 53.0 Å². The lowest BCUT2D eigenvalue weighted by Crippen LogP contribution is -2.56. The van der Waals surface area contributed by atoms with Crippen molar-refractivity contribution in [2.75, 3.05) is 58.2 Å². The fourth-order valence-corrected chi connectivity index (χ4v) is 7.14. The molecule has 0 spiro atoms. The molecule has 236 valence electrons. The summed E-state index contributed by atoms with van der Waals surface area (Å²) in [6.07, 6.45) is 2.83. The third-order valence-corrected chi connectivity index (χ3v) is 9.70. The number of fused-ring (bicyclic) bond motifs is 1. The zero-order chi connectivity index (χ0) is 30.8. The summed E-state index contributed by atoms with van der Waals surface area (Å²) in [5, 5.41) is 14.7. The smallest absolute Gasteiger partial charge is 0.409 e. The lowest BCUT2D eigenvalue weighted by Gasteiger charge is -2.43. The highest BCUT2D eigenvalue weighted by Crippen LogP contribution is 2.29. The van der Waals surface area contributed by atoms with E-state index in [4.69, 9.17) is 14.7 Å². The zero-order valence-electron chi connectivity index (χ0n) is 25.7. The Kier molecular flexibility index (Phi) is 8.99. The van der Waals surface area contributed by atoms with Crippen LogP contribution >= 0.6 is 0 Å². The number of aliphatic hydroxyl groups excluding tert-OH is 1. The second kappa shape index (κ2) is 13.1. The lowest BCUT2D eigenvalue weighted by molar-refractivity contribution is -0.129. The molecule has 2 N–H and O–H groups in total. The van der Waals surface area contributed by atoms with Gasteiger partial charge in [0.25, 0.3) is 5.91 Å². The first kappa shape index (κ1) is 30.3. The molecule has 1 aromatic carbocycles. The van der Waals surface area contributed by atoms with Gasteiger partial charge in [-0.25, -0.2) is 14.8 Å². The number of methoxy groups -OCH3 is 1. The molecule has 12 heteroatoms. The number of carbonyl (C=O) groups excluding carboxylic acids is 3. The minimum atomic E-state index is -0.660. The molecular formula is C32H43N7O5. The molecule has 6 rings (SSSR count). The number of piperidine rings is 2. The number of hydrogen-bond acceptors (Lipinski definition) is 9. The van der Waals surface area contributed by atoms with Crippen LogP contribution in [0, 0.1) is 0 Å². The zero-order valence-corrected chi connectivity index (χ0v) is 25.7. The molecule has 1 aromatic heterocycles. The highest BCUT2D eigenvalue weighted by molar-refractivity contribution is 5.93. The molecule has 3 fully saturated rings. The number of nitrogens with zero attached hydrogens (tertiary/aromatic N) is 6. The molecule has 0 aliphatic carbocycles. The first-order chi connectivity index (χ1) is 21.3. The Morgan fingerprint density at radius 2 is 1.64 bits per heavy atom. The second-order valence-corrected chi connectivity index (χ2v) is 12.5. The van der Waals surface area contributed by atoms with Gasteiger partial charge in [-0.15, -0.1) is 0 Å². The van der Waals surface area contributed by atoms with Crippen molar-refractivity contribution in [1.82, 2.24) is 29.6 Å². The van der Waals surface area contributed by atoms with Crippen LogP contribution in [0.25, 0.3) is 0 Å². The third-order valence-electron chi connectivity index (χ3n) is 9.70. The number of ether oxygens (including phenoxy) is 1. The van der Waals surface area contributed by atoms with E-state index in [1.54, 1.807) is 22.8 Å². The van der Waals surface area contributed by atoms with Crippen molar-refractivity contribution >= 4 is 23.7 Å². The number of nitrogens with one attached hydrogen (secondary N) is 1. The van der Waals surface area contributed by atoms with E-state index >= 15 is 0 Å².